The number of halogens is 1. The standard InChI is InChI=1S/C23H31FN6O3S.C6H4/c1-5-30(6-2)13-7-12-29(4)23(32)28-21-15-18(10-11-25-21)33-17-8-9-20(19(24)14-17)27-22(34)26-16(3)31;1-2-5-4-6(5)3-1/h8-11,14-15H,5-7,12-13H2,1-4H3,(H,25,28,32)(H2,26,27,31,34);1-4H. The first-order valence-corrected chi connectivity index (χ1v) is 13.5. The summed E-state index contributed by atoms with van der Waals surface area (Å²) in [6, 6.07) is 15.5. The van der Waals surface area contributed by atoms with Gasteiger partial charge in [0.25, 0.3) is 0 Å². The monoisotopic (exact) mass is 566 g/mol. The van der Waals surface area contributed by atoms with Crippen LogP contribution in [0.3, 0.4) is 0 Å². The zero-order valence-electron chi connectivity index (χ0n) is 23.2. The van der Waals surface area contributed by atoms with Crippen LogP contribution in [-0.4, -0.2) is 65.1 Å². The lowest BCUT2D eigenvalue weighted by atomic mass is 10.3. The number of carbonyl (C=O) groups excluding carboxylic acids is 2. The summed E-state index contributed by atoms with van der Waals surface area (Å²) in [6.45, 7) is 9.04. The topological polar surface area (TPSA) is 98.8 Å². The number of anilines is 2. The number of hydrogen-bond donors (Lipinski definition) is 3. The maximum atomic E-state index is 14.4. The average molecular weight is 567 g/mol. The van der Waals surface area contributed by atoms with Gasteiger partial charge in [0.15, 0.2) is 5.11 Å². The van der Waals surface area contributed by atoms with Gasteiger partial charge in [0.05, 0.1) is 5.69 Å². The number of hydrogen-bond acceptors (Lipinski definition) is 6. The summed E-state index contributed by atoms with van der Waals surface area (Å²) in [6.07, 6.45) is 2.36. The van der Waals surface area contributed by atoms with Gasteiger partial charge in [0, 0.05) is 38.8 Å². The number of nitrogens with one attached hydrogen (secondary N) is 3. The van der Waals surface area contributed by atoms with E-state index in [0.29, 0.717) is 18.1 Å². The highest BCUT2D eigenvalue weighted by Crippen LogP contribution is 2.32. The van der Waals surface area contributed by atoms with Crippen molar-refractivity contribution in [2.24, 2.45) is 0 Å². The Morgan fingerprint density at radius 3 is 2.25 bits per heavy atom. The van der Waals surface area contributed by atoms with Crippen molar-refractivity contribution in [3.05, 3.63) is 66.6 Å². The molecule has 2 aliphatic rings. The molecule has 2 aromatic rings. The predicted molar refractivity (Wildman–Crippen MR) is 160 cm³/mol. The Hall–Kier alpha value is -4.09. The quantitative estimate of drug-likeness (QED) is 0.212. The Balaban J connectivity index is 0.000000634. The van der Waals surface area contributed by atoms with Gasteiger partial charge in [0.1, 0.15) is 23.1 Å². The van der Waals surface area contributed by atoms with Gasteiger partial charge in [-0.2, -0.15) is 0 Å². The average Bonchev–Trinajstić information content (AvgIpc) is 3.52. The van der Waals surface area contributed by atoms with Crippen LogP contribution in [0.15, 0.2) is 60.8 Å². The van der Waals surface area contributed by atoms with Gasteiger partial charge in [-0.25, -0.2) is 14.2 Å². The predicted octanol–water partition coefficient (Wildman–Crippen LogP) is 5.71. The third-order valence-electron chi connectivity index (χ3n) is 6.00. The SMILES string of the molecule is CCN(CC)CCCN(C)C(=O)Nc1cc(Oc2ccc(NC(=S)NC(C)=O)c(F)c2)ccn1.c1cc2cc-2c1. The molecule has 0 saturated carbocycles. The van der Waals surface area contributed by atoms with Crippen LogP contribution in [0.4, 0.5) is 20.7 Å². The molecule has 1 aromatic carbocycles. The van der Waals surface area contributed by atoms with E-state index >= 15 is 0 Å². The molecule has 0 radical (unpaired) electrons. The van der Waals surface area contributed by atoms with E-state index < -0.39 is 5.82 Å². The fraction of sp³-hybridized carbons (Fsp3) is 0.310. The molecule has 212 valence electrons. The maximum absolute atomic E-state index is 14.4. The Bertz CT molecular complexity index is 1320. The number of carbonyl (C=O) groups is 2. The van der Waals surface area contributed by atoms with Gasteiger partial charge in [-0.15, -0.1) is 0 Å². The van der Waals surface area contributed by atoms with Crippen molar-refractivity contribution in [3.8, 4) is 22.6 Å². The van der Waals surface area contributed by atoms with Gasteiger partial charge >= 0.3 is 6.03 Å². The van der Waals surface area contributed by atoms with E-state index in [0.717, 1.165) is 26.1 Å². The van der Waals surface area contributed by atoms with Gasteiger partial charge in [-0.3, -0.25) is 10.1 Å². The number of aromatic nitrogens is 1. The Labute approximate surface area is 239 Å². The second kappa shape index (κ2) is 14.9. The molecule has 0 fully saturated rings. The highest BCUT2D eigenvalue weighted by atomic mass is 32.1. The van der Waals surface area contributed by atoms with Crippen molar-refractivity contribution in [2.45, 2.75) is 27.2 Å². The molecule has 0 atom stereocenters. The van der Waals surface area contributed by atoms with E-state index in [1.54, 1.807) is 30.1 Å². The van der Waals surface area contributed by atoms with Gasteiger partial charge in [0.2, 0.25) is 5.91 Å². The van der Waals surface area contributed by atoms with Crippen LogP contribution in [0.25, 0.3) is 11.1 Å². The molecule has 3 amide bonds. The van der Waals surface area contributed by atoms with Crippen molar-refractivity contribution in [3.63, 3.8) is 0 Å². The number of pyridine rings is 1. The molecule has 11 heteroatoms. The van der Waals surface area contributed by atoms with Crippen LogP contribution in [0.1, 0.15) is 27.2 Å². The zero-order valence-corrected chi connectivity index (χ0v) is 24.0. The molecule has 0 unspecified atom stereocenters. The third kappa shape index (κ3) is 9.90. The molecule has 1 aromatic heterocycles. The second-order valence-corrected chi connectivity index (χ2v) is 9.48. The molecule has 4 rings (SSSR count). The van der Waals surface area contributed by atoms with E-state index in [1.165, 1.54) is 36.4 Å². The summed E-state index contributed by atoms with van der Waals surface area (Å²) in [5.41, 5.74) is 2.95. The van der Waals surface area contributed by atoms with Crippen LogP contribution in [0.2, 0.25) is 0 Å². The molecule has 0 bridgehead atoms. The van der Waals surface area contributed by atoms with Crippen molar-refractivity contribution >= 4 is 40.8 Å². The van der Waals surface area contributed by atoms with Gasteiger partial charge < -0.3 is 25.2 Å². The smallest absolute Gasteiger partial charge is 0.322 e. The minimum Gasteiger partial charge on any atom is -0.457 e. The van der Waals surface area contributed by atoms with E-state index in [4.69, 9.17) is 17.0 Å². The van der Waals surface area contributed by atoms with Crippen LogP contribution >= 0.6 is 12.2 Å². The number of rotatable bonds is 10. The lowest BCUT2D eigenvalue weighted by Gasteiger charge is -2.21. The first-order chi connectivity index (χ1) is 19.2. The molecule has 0 saturated heterocycles. The molecular weight excluding hydrogens is 531 g/mol. The summed E-state index contributed by atoms with van der Waals surface area (Å²) in [4.78, 5) is 31.5. The molecule has 2 aliphatic carbocycles. The number of amides is 3. The lowest BCUT2D eigenvalue weighted by molar-refractivity contribution is -0.117. The summed E-state index contributed by atoms with van der Waals surface area (Å²) in [7, 11) is 1.73. The molecule has 0 spiro atoms. The number of ether oxygens (including phenoxy) is 1. The van der Waals surface area contributed by atoms with Gasteiger partial charge in [-0.1, -0.05) is 32.0 Å². The van der Waals surface area contributed by atoms with Crippen molar-refractivity contribution in [2.75, 3.05) is 43.9 Å². The minimum absolute atomic E-state index is 0.00685. The number of fused-ring (bicyclic) bond motifs is 1. The summed E-state index contributed by atoms with van der Waals surface area (Å²) >= 11 is 4.93. The maximum Gasteiger partial charge on any atom is 0.322 e. The number of nitrogens with zero attached hydrogens (tertiary/aromatic N) is 3. The second-order valence-electron chi connectivity index (χ2n) is 9.07. The minimum atomic E-state index is -0.612. The summed E-state index contributed by atoms with van der Waals surface area (Å²) in [5, 5.41) is 7.70. The van der Waals surface area contributed by atoms with Crippen LogP contribution in [-0.2, 0) is 4.79 Å². The number of benzene rings is 2. The largest absolute Gasteiger partial charge is 0.457 e. The van der Waals surface area contributed by atoms with Crippen molar-refractivity contribution in [1.82, 2.24) is 20.1 Å². The number of thiocarbonyl (C=S) groups is 1. The van der Waals surface area contributed by atoms with E-state index in [2.05, 4.69) is 63.9 Å². The molecule has 0 aliphatic heterocycles. The Morgan fingerprint density at radius 2 is 1.68 bits per heavy atom. The molecule has 40 heavy (non-hydrogen) atoms. The highest BCUT2D eigenvalue weighted by molar-refractivity contribution is 7.80. The van der Waals surface area contributed by atoms with E-state index in [-0.39, 0.29) is 28.5 Å². The Kier molecular flexibility index (Phi) is 11.3. The highest BCUT2D eigenvalue weighted by Gasteiger charge is 2.12. The fourth-order valence-electron chi connectivity index (χ4n) is 3.71. The molecule has 1 heterocycles. The molecule has 9 nitrogen and oxygen atoms in total. The van der Waals surface area contributed by atoms with E-state index in [1.807, 2.05) is 0 Å². The summed E-state index contributed by atoms with van der Waals surface area (Å²) in [5.74, 6) is -0.0326. The number of urea groups is 1. The fourth-order valence-corrected chi connectivity index (χ4v) is 3.96. The van der Waals surface area contributed by atoms with Crippen molar-refractivity contribution < 1.29 is 18.7 Å². The van der Waals surface area contributed by atoms with Crippen LogP contribution in [0.5, 0.6) is 11.5 Å². The zero-order chi connectivity index (χ0) is 29.1. The van der Waals surface area contributed by atoms with Crippen molar-refractivity contribution in [1.29, 1.82) is 0 Å². The third-order valence-corrected chi connectivity index (χ3v) is 6.21. The summed E-state index contributed by atoms with van der Waals surface area (Å²) < 4.78 is 20.1. The van der Waals surface area contributed by atoms with E-state index in [9.17, 15) is 14.0 Å². The lowest BCUT2D eigenvalue weighted by Crippen LogP contribution is -2.34. The Morgan fingerprint density at radius 1 is 0.975 bits per heavy atom. The van der Waals surface area contributed by atoms with Crippen LogP contribution in [0, 0.1) is 5.82 Å². The molecule has 3 N–H and O–H groups in total. The first kappa shape index (κ1) is 30.5. The van der Waals surface area contributed by atoms with Gasteiger partial charge in [-0.05, 0) is 73.7 Å². The van der Waals surface area contributed by atoms with Crippen LogP contribution < -0.4 is 20.7 Å². The normalized spacial score (nSPS) is 10.7. The first-order valence-electron chi connectivity index (χ1n) is 13.1. The molecular formula is C29H35FN6O3S.